The first-order valence-electron chi connectivity index (χ1n) is 8.46. The summed E-state index contributed by atoms with van der Waals surface area (Å²) in [7, 11) is 1.62. The van der Waals surface area contributed by atoms with Gasteiger partial charge in [0.25, 0.3) is 5.91 Å². The lowest BCUT2D eigenvalue weighted by Crippen LogP contribution is -2.27. The number of nitrogens with one attached hydrogen (secondary N) is 1. The third kappa shape index (κ3) is 4.55. The van der Waals surface area contributed by atoms with E-state index >= 15 is 0 Å². The maximum absolute atomic E-state index is 12.3. The molecule has 0 spiro atoms. The average molecular weight is 357 g/mol. The van der Waals surface area contributed by atoms with Gasteiger partial charge in [-0.15, -0.1) is 0 Å². The smallest absolute Gasteiger partial charge is 0.255 e. The highest BCUT2D eigenvalue weighted by molar-refractivity contribution is 5.86. The van der Waals surface area contributed by atoms with Crippen molar-refractivity contribution >= 4 is 5.91 Å². The van der Waals surface area contributed by atoms with Gasteiger partial charge in [-0.05, 0) is 47.5 Å². The lowest BCUT2D eigenvalue weighted by Gasteiger charge is -2.16. The molecule has 0 aliphatic carbocycles. The predicted octanol–water partition coefficient (Wildman–Crippen LogP) is 3.73. The number of rotatable bonds is 4. The van der Waals surface area contributed by atoms with E-state index in [1.807, 2.05) is 78.9 Å². The first-order valence-corrected chi connectivity index (χ1v) is 8.46. The van der Waals surface area contributed by atoms with Crippen LogP contribution in [0.4, 0.5) is 0 Å². The van der Waals surface area contributed by atoms with Gasteiger partial charge in [-0.3, -0.25) is 10.0 Å². The van der Waals surface area contributed by atoms with E-state index in [4.69, 9.17) is 9.94 Å². The van der Waals surface area contributed by atoms with Gasteiger partial charge in [-0.1, -0.05) is 54.3 Å². The van der Waals surface area contributed by atoms with E-state index in [-0.39, 0.29) is 0 Å². The molecule has 0 saturated heterocycles. The second-order valence-electron chi connectivity index (χ2n) is 5.92. The van der Waals surface area contributed by atoms with E-state index in [9.17, 15) is 4.79 Å². The molecule has 27 heavy (non-hydrogen) atoms. The van der Waals surface area contributed by atoms with Crippen LogP contribution in [-0.2, 0) is 4.79 Å². The van der Waals surface area contributed by atoms with Crippen molar-refractivity contribution in [3.05, 3.63) is 101 Å². The van der Waals surface area contributed by atoms with Crippen molar-refractivity contribution in [3.63, 3.8) is 0 Å². The summed E-state index contributed by atoms with van der Waals surface area (Å²) in [6.45, 7) is 0. The lowest BCUT2D eigenvalue weighted by molar-refractivity contribution is -0.129. The number of hydroxylamine groups is 1. The van der Waals surface area contributed by atoms with E-state index in [1.165, 1.54) is 0 Å². The van der Waals surface area contributed by atoms with Crippen molar-refractivity contribution in [3.8, 4) is 17.6 Å². The van der Waals surface area contributed by atoms with Crippen molar-refractivity contribution < 1.29 is 14.7 Å². The molecule has 0 saturated carbocycles. The van der Waals surface area contributed by atoms with Crippen molar-refractivity contribution in [2.75, 3.05) is 7.11 Å². The van der Waals surface area contributed by atoms with Crippen LogP contribution in [0.3, 0.4) is 0 Å². The molecule has 0 fully saturated rings. The fourth-order valence-corrected chi connectivity index (χ4v) is 2.82. The zero-order valence-electron chi connectivity index (χ0n) is 14.8. The highest BCUT2D eigenvalue weighted by Crippen LogP contribution is 2.25. The van der Waals surface area contributed by atoms with Crippen molar-refractivity contribution in [1.82, 2.24) is 5.48 Å². The maximum atomic E-state index is 12.3. The van der Waals surface area contributed by atoms with Gasteiger partial charge in [0.05, 0.1) is 13.0 Å². The largest absolute Gasteiger partial charge is 0.497 e. The standard InChI is InChI=1S/C23H19NO3/c1-27-21-14-12-17(13-15-21)10-11-18-6-5-9-20(16-18)22(23(25)24-26)19-7-3-2-4-8-19/h2-9,12-16,22,26H,1H3,(H,24,25). The Morgan fingerprint density at radius 1 is 0.889 bits per heavy atom. The van der Waals surface area contributed by atoms with Crippen molar-refractivity contribution in [1.29, 1.82) is 0 Å². The third-order valence-electron chi connectivity index (χ3n) is 4.17. The molecular weight excluding hydrogens is 338 g/mol. The number of hydrogen-bond donors (Lipinski definition) is 2. The molecular formula is C23H19NO3. The lowest BCUT2D eigenvalue weighted by atomic mass is 9.90. The molecule has 0 aromatic heterocycles. The molecule has 1 atom stereocenters. The third-order valence-corrected chi connectivity index (χ3v) is 4.17. The Morgan fingerprint density at radius 2 is 1.56 bits per heavy atom. The second kappa shape index (κ2) is 8.70. The predicted molar refractivity (Wildman–Crippen MR) is 104 cm³/mol. The highest BCUT2D eigenvalue weighted by Gasteiger charge is 2.22. The van der Waals surface area contributed by atoms with Gasteiger partial charge in [-0.2, -0.15) is 0 Å². The zero-order valence-corrected chi connectivity index (χ0v) is 14.8. The molecule has 1 amide bonds. The average Bonchev–Trinajstić information content (AvgIpc) is 2.74. The SMILES string of the molecule is COc1ccc(C#Cc2cccc(C(C(=O)NO)c3ccccc3)c2)cc1. The van der Waals surface area contributed by atoms with Gasteiger partial charge in [0.15, 0.2) is 0 Å². The normalized spacial score (nSPS) is 11.0. The Bertz CT molecular complexity index is 970. The van der Waals surface area contributed by atoms with E-state index in [1.54, 1.807) is 12.6 Å². The summed E-state index contributed by atoms with van der Waals surface area (Å²) in [4.78, 5) is 12.3. The molecule has 0 bridgehead atoms. The van der Waals surface area contributed by atoms with Gasteiger partial charge in [-0.25, -0.2) is 5.48 Å². The maximum Gasteiger partial charge on any atom is 0.255 e. The quantitative estimate of drug-likeness (QED) is 0.425. The van der Waals surface area contributed by atoms with E-state index in [0.717, 1.165) is 28.0 Å². The van der Waals surface area contributed by atoms with Crippen molar-refractivity contribution in [2.24, 2.45) is 0 Å². The summed E-state index contributed by atoms with van der Waals surface area (Å²) in [5, 5.41) is 9.15. The Kier molecular flexibility index (Phi) is 5.88. The van der Waals surface area contributed by atoms with Crippen LogP contribution >= 0.6 is 0 Å². The molecule has 4 heteroatoms. The minimum atomic E-state index is -0.612. The van der Waals surface area contributed by atoms with Gasteiger partial charge in [0.1, 0.15) is 5.75 Å². The van der Waals surface area contributed by atoms with Crippen LogP contribution in [-0.4, -0.2) is 18.2 Å². The number of carbonyl (C=O) groups is 1. The fraction of sp³-hybridized carbons (Fsp3) is 0.0870. The summed E-state index contributed by atoms with van der Waals surface area (Å²) in [5.41, 5.74) is 4.97. The fourth-order valence-electron chi connectivity index (χ4n) is 2.82. The Hall–Kier alpha value is -3.55. The summed E-state index contributed by atoms with van der Waals surface area (Å²) < 4.78 is 5.14. The molecule has 3 aromatic rings. The Balaban J connectivity index is 1.92. The van der Waals surface area contributed by atoms with Gasteiger partial charge >= 0.3 is 0 Å². The van der Waals surface area contributed by atoms with E-state index in [2.05, 4.69) is 11.8 Å². The minimum Gasteiger partial charge on any atom is -0.497 e. The summed E-state index contributed by atoms with van der Waals surface area (Å²) in [6, 6.07) is 24.3. The molecule has 0 heterocycles. The molecule has 0 radical (unpaired) electrons. The molecule has 1 unspecified atom stereocenters. The van der Waals surface area contributed by atoms with Crippen LogP contribution in [0.1, 0.15) is 28.2 Å². The zero-order chi connectivity index (χ0) is 19.1. The van der Waals surface area contributed by atoms with Crippen LogP contribution in [0.25, 0.3) is 0 Å². The van der Waals surface area contributed by atoms with Crippen LogP contribution in [0.15, 0.2) is 78.9 Å². The van der Waals surface area contributed by atoms with E-state index in [0.29, 0.717) is 0 Å². The molecule has 4 nitrogen and oxygen atoms in total. The highest BCUT2D eigenvalue weighted by atomic mass is 16.5. The van der Waals surface area contributed by atoms with Crippen LogP contribution in [0.2, 0.25) is 0 Å². The molecule has 0 aliphatic heterocycles. The topological polar surface area (TPSA) is 58.6 Å². The first kappa shape index (κ1) is 18.2. The number of methoxy groups -OCH3 is 1. The number of benzene rings is 3. The number of carbonyl (C=O) groups excluding carboxylic acids is 1. The van der Waals surface area contributed by atoms with E-state index < -0.39 is 11.8 Å². The number of amides is 1. The Morgan fingerprint density at radius 3 is 2.22 bits per heavy atom. The summed E-state index contributed by atoms with van der Waals surface area (Å²) in [5.74, 6) is 5.91. The molecule has 3 aromatic carbocycles. The minimum absolute atomic E-state index is 0.485. The molecule has 134 valence electrons. The Labute approximate surface area is 158 Å². The molecule has 2 N–H and O–H groups in total. The number of hydrogen-bond acceptors (Lipinski definition) is 3. The van der Waals surface area contributed by atoms with Crippen LogP contribution in [0, 0.1) is 11.8 Å². The van der Waals surface area contributed by atoms with Gasteiger partial charge in [0, 0.05) is 11.1 Å². The molecule has 3 rings (SSSR count). The number of ether oxygens (including phenoxy) is 1. The first-order chi connectivity index (χ1) is 13.2. The van der Waals surface area contributed by atoms with Gasteiger partial charge < -0.3 is 4.74 Å². The summed E-state index contributed by atoms with van der Waals surface area (Å²) >= 11 is 0. The van der Waals surface area contributed by atoms with Crippen LogP contribution < -0.4 is 10.2 Å². The van der Waals surface area contributed by atoms with Crippen LogP contribution in [0.5, 0.6) is 5.75 Å². The van der Waals surface area contributed by atoms with Crippen molar-refractivity contribution in [2.45, 2.75) is 5.92 Å². The monoisotopic (exact) mass is 357 g/mol. The second-order valence-corrected chi connectivity index (χ2v) is 5.92. The van der Waals surface area contributed by atoms with Gasteiger partial charge in [0.2, 0.25) is 0 Å². The summed E-state index contributed by atoms with van der Waals surface area (Å²) in [6.07, 6.45) is 0. The molecule has 0 aliphatic rings.